The van der Waals surface area contributed by atoms with Crippen LogP contribution < -0.4 is 5.32 Å². The molecule has 0 radical (unpaired) electrons. The van der Waals surface area contributed by atoms with E-state index in [-0.39, 0.29) is 34.8 Å². The van der Waals surface area contributed by atoms with Crippen LogP contribution in [-0.4, -0.2) is 35.8 Å². The maximum Gasteiger partial charge on any atom is 0.416 e. The Morgan fingerprint density at radius 2 is 1.53 bits per heavy atom. The van der Waals surface area contributed by atoms with Crippen LogP contribution >= 0.6 is 0 Å². The molecular weight excluding hydrogens is 441 g/mol. The van der Waals surface area contributed by atoms with Crippen LogP contribution in [0.5, 0.6) is 0 Å². The zero-order chi connectivity index (χ0) is 24.1. The molecule has 0 unspecified atom stereocenters. The molecule has 6 rings (SSSR count). The summed E-state index contributed by atoms with van der Waals surface area (Å²) in [7, 11) is 0. The molecule has 1 aliphatic heterocycles. The number of alkyl halides is 3. The van der Waals surface area contributed by atoms with Crippen LogP contribution in [-0.2, 0) is 11.0 Å². The van der Waals surface area contributed by atoms with Crippen LogP contribution in [0, 0.1) is 29.1 Å². The Kier molecular flexibility index (Phi) is 6.18. The molecule has 186 valence electrons. The Balaban J connectivity index is 1.16. The number of likely N-dealkylation sites (tertiary alicyclic amines) is 1. The molecule has 4 aliphatic carbocycles. The number of halogens is 3. The molecule has 2 amide bonds. The van der Waals surface area contributed by atoms with Gasteiger partial charge < -0.3 is 10.2 Å². The van der Waals surface area contributed by atoms with Crippen molar-refractivity contribution < 1.29 is 22.8 Å². The standard InChI is InChI=1S/C27H35F3N2O2/c1-2-23(26-14-17-11-18(15-26)13-19(12-17)16-26)31-24(33)20-7-9-32(10-8-20)25(34)21-3-5-22(6-4-21)27(28,29)30/h3-6,17-20,23H,2,7-16H2,1H3,(H,31,33)/t17?,18?,19?,23-,26?/m1/s1. The summed E-state index contributed by atoms with van der Waals surface area (Å²) in [5, 5.41) is 3.44. The first-order chi connectivity index (χ1) is 16.2. The van der Waals surface area contributed by atoms with Crippen molar-refractivity contribution >= 4 is 11.8 Å². The molecule has 4 nitrogen and oxygen atoms in total. The van der Waals surface area contributed by atoms with Crippen molar-refractivity contribution in [3.8, 4) is 0 Å². The number of piperidine rings is 1. The highest BCUT2D eigenvalue weighted by atomic mass is 19.4. The van der Waals surface area contributed by atoms with Gasteiger partial charge in [-0.3, -0.25) is 9.59 Å². The molecule has 1 N–H and O–H groups in total. The summed E-state index contributed by atoms with van der Waals surface area (Å²) in [6.07, 6.45) is 5.67. The van der Waals surface area contributed by atoms with E-state index in [1.807, 2.05) is 0 Å². The van der Waals surface area contributed by atoms with Crippen LogP contribution in [0.25, 0.3) is 0 Å². The zero-order valence-corrected chi connectivity index (χ0v) is 19.9. The minimum atomic E-state index is -4.42. The second-order valence-electron chi connectivity index (χ2n) is 11.4. The molecule has 4 bridgehead atoms. The molecule has 5 aliphatic rings. The largest absolute Gasteiger partial charge is 0.416 e. The number of nitrogens with one attached hydrogen (secondary N) is 1. The summed E-state index contributed by atoms with van der Waals surface area (Å²) >= 11 is 0. The van der Waals surface area contributed by atoms with Crippen molar-refractivity contribution in [3.05, 3.63) is 35.4 Å². The summed E-state index contributed by atoms with van der Waals surface area (Å²) in [6, 6.07) is 4.61. The Bertz CT molecular complexity index is 884. The fourth-order valence-corrected chi connectivity index (χ4v) is 7.91. The van der Waals surface area contributed by atoms with Gasteiger partial charge in [0.15, 0.2) is 0 Å². The average Bonchev–Trinajstić information content (AvgIpc) is 2.80. The molecule has 1 atom stereocenters. The van der Waals surface area contributed by atoms with Crippen molar-refractivity contribution in [2.24, 2.45) is 29.1 Å². The third-order valence-electron chi connectivity index (χ3n) is 9.16. The van der Waals surface area contributed by atoms with Crippen molar-refractivity contribution in [3.63, 3.8) is 0 Å². The highest BCUT2D eigenvalue weighted by Gasteiger charge is 2.54. The van der Waals surface area contributed by atoms with Gasteiger partial charge in [0.1, 0.15) is 0 Å². The lowest BCUT2D eigenvalue weighted by Gasteiger charge is -2.59. The van der Waals surface area contributed by atoms with Gasteiger partial charge in [0, 0.05) is 30.6 Å². The monoisotopic (exact) mass is 476 g/mol. The van der Waals surface area contributed by atoms with Crippen LogP contribution in [0.2, 0.25) is 0 Å². The third-order valence-corrected chi connectivity index (χ3v) is 9.16. The topological polar surface area (TPSA) is 49.4 Å². The number of carbonyl (C=O) groups is 2. The highest BCUT2D eigenvalue weighted by molar-refractivity contribution is 5.94. The molecule has 34 heavy (non-hydrogen) atoms. The molecule has 7 heteroatoms. The quantitative estimate of drug-likeness (QED) is 0.595. The van der Waals surface area contributed by atoms with Crippen LogP contribution in [0.4, 0.5) is 13.2 Å². The number of nitrogens with zero attached hydrogens (tertiary/aromatic N) is 1. The first-order valence-corrected chi connectivity index (χ1v) is 12.9. The minimum absolute atomic E-state index is 0.111. The van der Waals surface area contributed by atoms with E-state index in [0.717, 1.165) is 36.3 Å². The van der Waals surface area contributed by atoms with Gasteiger partial charge in [-0.15, -0.1) is 0 Å². The van der Waals surface area contributed by atoms with E-state index in [0.29, 0.717) is 25.9 Å². The lowest BCUT2D eigenvalue weighted by atomic mass is 9.47. The van der Waals surface area contributed by atoms with Crippen molar-refractivity contribution in [2.45, 2.75) is 76.9 Å². The predicted octanol–water partition coefficient (Wildman–Crippen LogP) is 5.67. The molecule has 5 fully saturated rings. The summed E-state index contributed by atoms with van der Waals surface area (Å²) in [4.78, 5) is 27.6. The van der Waals surface area contributed by atoms with E-state index >= 15 is 0 Å². The summed E-state index contributed by atoms with van der Waals surface area (Å²) in [6.45, 7) is 3.09. The van der Waals surface area contributed by atoms with E-state index in [1.54, 1.807) is 4.90 Å². The van der Waals surface area contributed by atoms with E-state index in [4.69, 9.17) is 0 Å². The Morgan fingerprint density at radius 3 is 2.00 bits per heavy atom. The molecule has 1 saturated heterocycles. The summed E-state index contributed by atoms with van der Waals surface area (Å²) in [5.41, 5.74) is -0.231. The van der Waals surface area contributed by atoms with Gasteiger partial charge in [0.2, 0.25) is 5.91 Å². The Labute approximate surface area is 199 Å². The normalized spacial score (nSPS) is 32.0. The molecule has 0 spiro atoms. The maximum absolute atomic E-state index is 13.2. The zero-order valence-electron chi connectivity index (χ0n) is 19.9. The average molecular weight is 477 g/mol. The van der Waals surface area contributed by atoms with Crippen molar-refractivity contribution in [2.75, 3.05) is 13.1 Å². The van der Waals surface area contributed by atoms with Crippen molar-refractivity contribution in [1.29, 1.82) is 0 Å². The first-order valence-electron chi connectivity index (χ1n) is 12.9. The van der Waals surface area contributed by atoms with Gasteiger partial charge in [-0.1, -0.05) is 6.92 Å². The molecule has 1 aromatic carbocycles. The number of hydrogen-bond donors (Lipinski definition) is 1. The van der Waals surface area contributed by atoms with Gasteiger partial charge >= 0.3 is 6.18 Å². The number of amides is 2. The number of carbonyl (C=O) groups excluding carboxylic acids is 2. The van der Waals surface area contributed by atoms with Gasteiger partial charge in [-0.05, 0) is 105 Å². The molecular formula is C27H35F3N2O2. The first kappa shape index (κ1) is 23.7. The van der Waals surface area contributed by atoms with E-state index in [1.165, 1.54) is 50.7 Å². The van der Waals surface area contributed by atoms with Gasteiger partial charge in [0.25, 0.3) is 5.91 Å². The van der Waals surface area contributed by atoms with Gasteiger partial charge in [-0.2, -0.15) is 13.2 Å². The third kappa shape index (κ3) is 4.47. The van der Waals surface area contributed by atoms with Crippen molar-refractivity contribution in [1.82, 2.24) is 10.2 Å². The SMILES string of the molecule is CC[C@@H](NC(=O)C1CCN(C(=O)c2ccc(C(F)(F)F)cc2)CC1)C12CC3CC(CC(C3)C1)C2. The predicted molar refractivity (Wildman–Crippen MR) is 123 cm³/mol. The lowest BCUT2D eigenvalue weighted by Crippen LogP contribution is -2.57. The number of hydrogen-bond acceptors (Lipinski definition) is 2. The summed E-state index contributed by atoms with van der Waals surface area (Å²) in [5.74, 6) is 2.27. The highest BCUT2D eigenvalue weighted by Crippen LogP contribution is 2.61. The van der Waals surface area contributed by atoms with Crippen LogP contribution in [0.1, 0.15) is 80.6 Å². The fourth-order valence-electron chi connectivity index (χ4n) is 7.91. The van der Waals surface area contributed by atoms with Gasteiger partial charge in [0.05, 0.1) is 5.56 Å². The fraction of sp³-hybridized carbons (Fsp3) is 0.704. The summed E-state index contributed by atoms with van der Waals surface area (Å²) < 4.78 is 38.4. The minimum Gasteiger partial charge on any atom is -0.353 e. The van der Waals surface area contributed by atoms with Crippen LogP contribution in [0.15, 0.2) is 24.3 Å². The van der Waals surface area contributed by atoms with Crippen LogP contribution in [0.3, 0.4) is 0 Å². The Hall–Kier alpha value is -2.05. The van der Waals surface area contributed by atoms with E-state index in [9.17, 15) is 22.8 Å². The van der Waals surface area contributed by atoms with Gasteiger partial charge in [-0.25, -0.2) is 0 Å². The maximum atomic E-state index is 13.2. The number of benzene rings is 1. The van der Waals surface area contributed by atoms with E-state index in [2.05, 4.69) is 12.2 Å². The smallest absolute Gasteiger partial charge is 0.353 e. The molecule has 4 saturated carbocycles. The second-order valence-corrected chi connectivity index (χ2v) is 11.4. The van der Waals surface area contributed by atoms with E-state index < -0.39 is 11.7 Å². The second kappa shape index (κ2) is 8.87. The molecule has 0 aromatic heterocycles. The Morgan fingerprint density at radius 1 is 1.00 bits per heavy atom. The molecule has 1 aromatic rings. The molecule has 1 heterocycles. The lowest BCUT2D eigenvalue weighted by molar-refractivity contribution is -0.137. The number of rotatable bonds is 5.